The normalized spacial score (nSPS) is 13.3. The van der Waals surface area contributed by atoms with E-state index in [-0.39, 0.29) is 0 Å². The van der Waals surface area contributed by atoms with E-state index in [2.05, 4.69) is 34.5 Å². The summed E-state index contributed by atoms with van der Waals surface area (Å²) in [6.45, 7) is 6.97. The lowest BCUT2D eigenvalue weighted by atomic mass is 10.3. The molecular weight excluding hydrogens is 212 g/mol. The van der Waals surface area contributed by atoms with Crippen LogP contribution in [0.25, 0.3) is 0 Å². The minimum absolute atomic E-state index is 0.423. The average molecular weight is 234 g/mol. The molecular formula is C13H22N4. The van der Waals surface area contributed by atoms with Gasteiger partial charge in [-0.05, 0) is 32.4 Å². The Balaban J connectivity index is 2.48. The molecule has 1 rings (SSSR count). The standard InChI is InChI=1S/C13H22N4/c1-5-10(2)17-13(14-4)15-9-12-8-6-7-11(3)16-12/h6-8,10H,5,9H2,1-4H3,(H2,14,15,17). The third kappa shape index (κ3) is 4.85. The summed E-state index contributed by atoms with van der Waals surface area (Å²) in [5, 5.41) is 6.57. The zero-order chi connectivity index (χ0) is 12.7. The largest absolute Gasteiger partial charge is 0.354 e. The first kappa shape index (κ1) is 13.5. The highest BCUT2D eigenvalue weighted by atomic mass is 15.2. The van der Waals surface area contributed by atoms with Crippen LogP contribution in [0.2, 0.25) is 0 Å². The summed E-state index contributed by atoms with van der Waals surface area (Å²) in [6, 6.07) is 6.45. The minimum Gasteiger partial charge on any atom is -0.354 e. The molecule has 4 heteroatoms. The Morgan fingerprint density at radius 2 is 2.24 bits per heavy atom. The third-order valence-electron chi connectivity index (χ3n) is 2.60. The molecule has 17 heavy (non-hydrogen) atoms. The number of guanidine groups is 1. The lowest BCUT2D eigenvalue weighted by Gasteiger charge is -2.16. The second-order valence-electron chi connectivity index (χ2n) is 4.15. The molecule has 1 aromatic rings. The zero-order valence-electron chi connectivity index (χ0n) is 11.1. The number of aryl methyl sites for hydroxylation is 1. The SMILES string of the molecule is CCC(C)NC(=NC)NCc1cccc(C)n1. The van der Waals surface area contributed by atoms with Crippen molar-refractivity contribution >= 4 is 5.96 Å². The fourth-order valence-corrected chi connectivity index (χ4v) is 1.40. The Kier molecular flexibility index (Phi) is 5.46. The van der Waals surface area contributed by atoms with E-state index in [1.165, 1.54) is 0 Å². The summed E-state index contributed by atoms with van der Waals surface area (Å²) in [5.41, 5.74) is 2.06. The lowest BCUT2D eigenvalue weighted by Crippen LogP contribution is -2.41. The predicted octanol–water partition coefficient (Wildman–Crippen LogP) is 1.85. The van der Waals surface area contributed by atoms with Crippen LogP contribution >= 0.6 is 0 Å². The van der Waals surface area contributed by atoms with Gasteiger partial charge < -0.3 is 10.6 Å². The van der Waals surface area contributed by atoms with E-state index >= 15 is 0 Å². The molecule has 4 nitrogen and oxygen atoms in total. The molecule has 0 amide bonds. The molecule has 1 unspecified atom stereocenters. The number of aliphatic imine (C=N–C) groups is 1. The Morgan fingerprint density at radius 3 is 2.82 bits per heavy atom. The summed E-state index contributed by atoms with van der Waals surface area (Å²) < 4.78 is 0. The van der Waals surface area contributed by atoms with Gasteiger partial charge >= 0.3 is 0 Å². The van der Waals surface area contributed by atoms with E-state index in [1.807, 2.05) is 25.1 Å². The van der Waals surface area contributed by atoms with Crippen LogP contribution in [0, 0.1) is 6.92 Å². The number of pyridine rings is 1. The molecule has 0 saturated heterocycles. The first-order valence-corrected chi connectivity index (χ1v) is 6.05. The summed E-state index contributed by atoms with van der Waals surface area (Å²) in [4.78, 5) is 8.61. The maximum absolute atomic E-state index is 4.43. The number of nitrogens with one attached hydrogen (secondary N) is 2. The van der Waals surface area contributed by atoms with Gasteiger partial charge in [-0.15, -0.1) is 0 Å². The maximum Gasteiger partial charge on any atom is 0.191 e. The van der Waals surface area contributed by atoms with Gasteiger partial charge in [-0.25, -0.2) is 0 Å². The van der Waals surface area contributed by atoms with E-state index in [9.17, 15) is 0 Å². The van der Waals surface area contributed by atoms with Crippen molar-refractivity contribution < 1.29 is 0 Å². The first-order chi connectivity index (χ1) is 8.15. The van der Waals surface area contributed by atoms with Gasteiger partial charge in [0.15, 0.2) is 5.96 Å². The van der Waals surface area contributed by atoms with Gasteiger partial charge in [0.2, 0.25) is 0 Å². The smallest absolute Gasteiger partial charge is 0.191 e. The second-order valence-corrected chi connectivity index (χ2v) is 4.15. The van der Waals surface area contributed by atoms with E-state index < -0.39 is 0 Å². The highest BCUT2D eigenvalue weighted by Gasteiger charge is 2.02. The van der Waals surface area contributed by atoms with Gasteiger partial charge in [0.25, 0.3) is 0 Å². The molecule has 1 atom stereocenters. The van der Waals surface area contributed by atoms with Gasteiger partial charge in [-0.3, -0.25) is 9.98 Å². The summed E-state index contributed by atoms with van der Waals surface area (Å²) in [6.07, 6.45) is 1.07. The topological polar surface area (TPSA) is 49.3 Å². The number of rotatable bonds is 4. The average Bonchev–Trinajstić information content (AvgIpc) is 2.34. The summed E-state index contributed by atoms with van der Waals surface area (Å²) in [5.74, 6) is 0.822. The van der Waals surface area contributed by atoms with E-state index in [0.29, 0.717) is 12.6 Å². The van der Waals surface area contributed by atoms with Crippen LogP contribution in [0.3, 0.4) is 0 Å². The lowest BCUT2D eigenvalue weighted by molar-refractivity contribution is 0.623. The molecule has 0 aliphatic rings. The molecule has 0 aromatic carbocycles. The van der Waals surface area contributed by atoms with Gasteiger partial charge in [0.1, 0.15) is 0 Å². The Morgan fingerprint density at radius 1 is 1.47 bits per heavy atom. The molecule has 0 aliphatic heterocycles. The Bertz CT molecular complexity index is 373. The second kappa shape index (κ2) is 6.89. The molecule has 0 aliphatic carbocycles. The first-order valence-electron chi connectivity index (χ1n) is 6.05. The monoisotopic (exact) mass is 234 g/mol. The van der Waals surface area contributed by atoms with Crippen LogP contribution in [0.5, 0.6) is 0 Å². The third-order valence-corrected chi connectivity index (χ3v) is 2.60. The number of nitrogens with zero attached hydrogens (tertiary/aromatic N) is 2. The van der Waals surface area contributed by atoms with Crippen molar-refractivity contribution in [2.75, 3.05) is 7.05 Å². The van der Waals surface area contributed by atoms with Crippen molar-refractivity contribution in [3.05, 3.63) is 29.6 Å². The fourth-order valence-electron chi connectivity index (χ4n) is 1.40. The van der Waals surface area contributed by atoms with Crippen molar-refractivity contribution in [3.63, 3.8) is 0 Å². The maximum atomic E-state index is 4.43. The van der Waals surface area contributed by atoms with Crippen molar-refractivity contribution in [1.29, 1.82) is 0 Å². The summed E-state index contributed by atoms with van der Waals surface area (Å²) >= 11 is 0. The quantitative estimate of drug-likeness (QED) is 0.617. The van der Waals surface area contributed by atoms with Crippen molar-refractivity contribution in [1.82, 2.24) is 15.6 Å². The van der Waals surface area contributed by atoms with Crippen LogP contribution in [0.1, 0.15) is 31.7 Å². The van der Waals surface area contributed by atoms with Crippen LogP contribution < -0.4 is 10.6 Å². The molecule has 2 N–H and O–H groups in total. The van der Waals surface area contributed by atoms with Crippen LogP contribution in [0.15, 0.2) is 23.2 Å². The zero-order valence-corrected chi connectivity index (χ0v) is 11.1. The molecule has 1 heterocycles. The molecule has 0 fully saturated rings. The molecule has 0 saturated carbocycles. The van der Waals surface area contributed by atoms with Crippen molar-refractivity contribution in [3.8, 4) is 0 Å². The van der Waals surface area contributed by atoms with Crippen molar-refractivity contribution in [2.24, 2.45) is 4.99 Å². The number of hydrogen-bond donors (Lipinski definition) is 2. The van der Waals surface area contributed by atoms with E-state index in [4.69, 9.17) is 0 Å². The van der Waals surface area contributed by atoms with Crippen molar-refractivity contribution in [2.45, 2.75) is 39.8 Å². The minimum atomic E-state index is 0.423. The number of hydrogen-bond acceptors (Lipinski definition) is 2. The highest BCUT2D eigenvalue weighted by molar-refractivity contribution is 5.79. The molecule has 0 bridgehead atoms. The molecule has 0 spiro atoms. The van der Waals surface area contributed by atoms with E-state index in [1.54, 1.807) is 7.05 Å². The highest BCUT2D eigenvalue weighted by Crippen LogP contribution is 1.97. The van der Waals surface area contributed by atoms with Gasteiger partial charge in [0.05, 0.1) is 12.2 Å². The predicted molar refractivity (Wildman–Crippen MR) is 72.1 cm³/mol. The van der Waals surface area contributed by atoms with Gasteiger partial charge in [-0.1, -0.05) is 13.0 Å². The van der Waals surface area contributed by atoms with Crippen LogP contribution in [-0.4, -0.2) is 24.0 Å². The summed E-state index contributed by atoms with van der Waals surface area (Å²) in [7, 11) is 1.78. The molecule has 1 aromatic heterocycles. The number of aromatic nitrogens is 1. The van der Waals surface area contributed by atoms with Crippen LogP contribution in [-0.2, 0) is 6.54 Å². The van der Waals surface area contributed by atoms with E-state index in [0.717, 1.165) is 23.8 Å². The molecule has 94 valence electrons. The van der Waals surface area contributed by atoms with Crippen LogP contribution in [0.4, 0.5) is 0 Å². The Labute approximate surface area is 104 Å². The van der Waals surface area contributed by atoms with Gasteiger partial charge in [-0.2, -0.15) is 0 Å². The fraction of sp³-hybridized carbons (Fsp3) is 0.538. The van der Waals surface area contributed by atoms with Gasteiger partial charge in [0, 0.05) is 18.8 Å². The Hall–Kier alpha value is -1.58. The molecule has 0 radical (unpaired) electrons.